The van der Waals surface area contributed by atoms with Gasteiger partial charge >= 0.3 is 11.9 Å². The van der Waals surface area contributed by atoms with E-state index in [1.165, 1.54) is 19.9 Å². The predicted octanol–water partition coefficient (Wildman–Crippen LogP) is 3.62. The number of rotatable bonds is 17. The summed E-state index contributed by atoms with van der Waals surface area (Å²) in [5.41, 5.74) is 5.35. The lowest BCUT2D eigenvalue weighted by molar-refractivity contribution is -0.154. The van der Waals surface area contributed by atoms with Crippen LogP contribution in [0.2, 0.25) is 0 Å². The van der Waals surface area contributed by atoms with Gasteiger partial charge in [-0.2, -0.15) is 0 Å². The maximum absolute atomic E-state index is 14.1. The molecule has 14 nitrogen and oxygen atoms in total. The van der Waals surface area contributed by atoms with Crippen LogP contribution >= 0.6 is 0 Å². The van der Waals surface area contributed by atoms with Gasteiger partial charge in [0, 0.05) is 32.4 Å². The van der Waals surface area contributed by atoms with Crippen LogP contribution in [-0.4, -0.2) is 71.2 Å². The number of ether oxygens (including phenoxy) is 2. The lowest BCUT2D eigenvalue weighted by atomic mass is 9.80. The second-order valence-corrected chi connectivity index (χ2v) is 15.6. The zero-order valence-electron chi connectivity index (χ0n) is 33.5. The summed E-state index contributed by atoms with van der Waals surface area (Å²) >= 11 is 0. The van der Waals surface area contributed by atoms with Crippen LogP contribution in [0.25, 0.3) is 10.8 Å². The number of carbonyl (C=O) groups excluding carboxylic acids is 7. The van der Waals surface area contributed by atoms with E-state index in [0.717, 1.165) is 22.8 Å². The number of nitrogens with one attached hydrogen (secondary N) is 4. The molecule has 1 aliphatic carbocycles. The van der Waals surface area contributed by atoms with Crippen molar-refractivity contribution in [3.63, 3.8) is 0 Å². The topological polar surface area (TPSA) is 212 Å². The average molecular weight is 786 g/mol. The van der Waals surface area contributed by atoms with Crippen molar-refractivity contribution in [2.24, 2.45) is 5.73 Å². The molecule has 306 valence electrons. The summed E-state index contributed by atoms with van der Waals surface area (Å²) in [4.78, 5) is 90.5. The molecule has 57 heavy (non-hydrogen) atoms. The van der Waals surface area contributed by atoms with Crippen LogP contribution in [0.1, 0.15) is 96.3 Å². The molecule has 4 rings (SSSR count). The van der Waals surface area contributed by atoms with Crippen LogP contribution in [0.15, 0.2) is 60.7 Å². The third kappa shape index (κ3) is 13.4. The van der Waals surface area contributed by atoms with Gasteiger partial charge in [-0.3, -0.25) is 33.6 Å². The highest BCUT2D eigenvalue weighted by atomic mass is 16.6. The molecule has 0 radical (unpaired) electrons. The van der Waals surface area contributed by atoms with E-state index in [-0.39, 0.29) is 38.0 Å². The molecular weight excluding hydrogens is 730 g/mol. The number of hydrogen-bond donors (Lipinski definition) is 5. The van der Waals surface area contributed by atoms with E-state index in [1.54, 1.807) is 32.9 Å². The van der Waals surface area contributed by atoms with Crippen molar-refractivity contribution in [2.75, 3.05) is 6.54 Å². The minimum Gasteiger partial charge on any atom is -0.460 e. The van der Waals surface area contributed by atoms with E-state index in [0.29, 0.717) is 36.8 Å². The van der Waals surface area contributed by atoms with Crippen molar-refractivity contribution in [2.45, 2.75) is 122 Å². The summed E-state index contributed by atoms with van der Waals surface area (Å²) in [5.74, 6) is -4.21. The minimum absolute atomic E-state index is 0.0599. The molecule has 2 atom stereocenters. The molecule has 0 aromatic heterocycles. The highest BCUT2D eigenvalue weighted by molar-refractivity contribution is 5.98. The number of nitrogens with two attached hydrogens (primary N) is 1. The predicted molar refractivity (Wildman–Crippen MR) is 214 cm³/mol. The van der Waals surface area contributed by atoms with Gasteiger partial charge in [0.25, 0.3) is 0 Å². The number of fused-ring (bicyclic) bond motifs is 1. The molecule has 0 heterocycles. The molecule has 0 saturated heterocycles. The van der Waals surface area contributed by atoms with Gasteiger partial charge in [0.2, 0.25) is 29.5 Å². The van der Waals surface area contributed by atoms with Gasteiger partial charge in [0.1, 0.15) is 29.0 Å². The summed E-state index contributed by atoms with van der Waals surface area (Å²) in [6.07, 6.45) is 3.14. The smallest absolute Gasteiger partial charge is 0.310 e. The molecule has 0 spiro atoms. The van der Waals surface area contributed by atoms with Gasteiger partial charge in [0.15, 0.2) is 0 Å². The normalized spacial score (nSPS) is 14.7. The molecule has 0 bridgehead atoms. The molecule has 1 aliphatic rings. The zero-order chi connectivity index (χ0) is 41.8. The first-order chi connectivity index (χ1) is 26.9. The van der Waals surface area contributed by atoms with Crippen LogP contribution in [0.3, 0.4) is 0 Å². The molecule has 5 amide bonds. The maximum Gasteiger partial charge on any atom is 0.310 e. The van der Waals surface area contributed by atoms with Gasteiger partial charge in [0.05, 0.1) is 12.8 Å². The number of esters is 2. The van der Waals surface area contributed by atoms with Crippen LogP contribution in [0.4, 0.5) is 0 Å². The number of hydrogen-bond acceptors (Lipinski definition) is 9. The Morgan fingerprint density at radius 3 is 2.19 bits per heavy atom. The molecule has 3 aromatic carbocycles. The number of amides is 5. The largest absolute Gasteiger partial charge is 0.460 e. The molecule has 1 fully saturated rings. The van der Waals surface area contributed by atoms with Gasteiger partial charge in [-0.15, -0.1) is 0 Å². The highest BCUT2D eigenvalue weighted by Gasteiger charge is 2.43. The Hall–Kier alpha value is -5.79. The molecule has 6 N–H and O–H groups in total. The summed E-state index contributed by atoms with van der Waals surface area (Å²) in [6, 6.07) is 16.4. The minimum atomic E-state index is -1.45. The van der Waals surface area contributed by atoms with Crippen LogP contribution in [0, 0.1) is 0 Å². The van der Waals surface area contributed by atoms with Crippen molar-refractivity contribution < 1.29 is 43.0 Å². The van der Waals surface area contributed by atoms with Crippen LogP contribution < -0.4 is 31.7 Å². The standard InChI is InChI=1S/C43H55N5O9/c1-27(49)46-34(23-29-18-19-32(36(24-29)56-28(2)50)25-38(52)57-42(3,4)5)40(54)48-43(20-9-6-10-21-43)41(55)47-35(26-37(44)51)39(53)45-22-12-16-31-15-11-14-30-13-7-8-17-33(30)31/h7-8,11,13-15,17-19,24,34-35H,6,9-10,12,16,20-23,25-26H2,1-5H3,(H2,44,51)(H,45,53)(H,46,49)(H,47,55)(H,48,54)/t34-,35-/m0/s1. The number of benzene rings is 3. The maximum atomic E-state index is 14.1. The van der Waals surface area contributed by atoms with E-state index < -0.39 is 71.1 Å². The summed E-state index contributed by atoms with van der Waals surface area (Å²) in [6.45, 7) is 7.98. The molecule has 0 unspecified atom stereocenters. The van der Waals surface area contributed by atoms with E-state index in [4.69, 9.17) is 15.2 Å². The van der Waals surface area contributed by atoms with Gasteiger partial charge in [-0.1, -0.05) is 73.9 Å². The second-order valence-electron chi connectivity index (χ2n) is 15.6. The number of aryl methyl sites for hydroxylation is 1. The van der Waals surface area contributed by atoms with Gasteiger partial charge in [-0.05, 0) is 74.4 Å². The quantitative estimate of drug-likeness (QED) is 0.0768. The Labute approximate surface area is 333 Å². The third-order valence-electron chi connectivity index (χ3n) is 9.61. The van der Waals surface area contributed by atoms with Gasteiger partial charge in [-0.25, -0.2) is 0 Å². The summed E-state index contributed by atoms with van der Waals surface area (Å²) < 4.78 is 10.8. The highest BCUT2D eigenvalue weighted by Crippen LogP contribution is 2.30. The fourth-order valence-corrected chi connectivity index (χ4v) is 7.06. The van der Waals surface area contributed by atoms with Crippen molar-refractivity contribution in [1.29, 1.82) is 0 Å². The molecule has 0 aliphatic heterocycles. The molecule has 3 aromatic rings. The first kappa shape index (κ1) is 43.9. The van der Waals surface area contributed by atoms with E-state index in [9.17, 15) is 33.6 Å². The Morgan fingerprint density at radius 1 is 0.825 bits per heavy atom. The summed E-state index contributed by atoms with van der Waals surface area (Å²) in [7, 11) is 0. The average Bonchev–Trinajstić information content (AvgIpc) is 3.12. The number of primary amides is 1. The van der Waals surface area contributed by atoms with E-state index in [1.807, 2.05) is 36.4 Å². The van der Waals surface area contributed by atoms with Crippen LogP contribution in [0.5, 0.6) is 5.75 Å². The van der Waals surface area contributed by atoms with E-state index >= 15 is 0 Å². The molecule has 1 saturated carbocycles. The first-order valence-electron chi connectivity index (χ1n) is 19.4. The Kier molecular flexibility index (Phi) is 15.3. The van der Waals surface area contributed by atoms with Gasteiger partial charge < -0.3 is 36.5 Å². The fraction of sp³-hybridized carbons (Fsp3) is 0.465. The lowest BCUT2D eigenvalue weighted by Crippen LogP contribution is -2.65. The van der Waals surface area contributed by atoms with Crippen molar-refractivity contribution >= 4 is 52.2 Å². The summed E-state index contributed by atoms with van der Waals surface area (Å²) in [5, 5.41) is 13.3. The monoisotopic (exact) mass is 785 g/mol. The Bertz CT molecular complexity index is 1960. The second kappa shape index (κ2) is 19.9. The number of carbonyl (C=O) groups is 7. The molecular formula is C43H55N5O9. The Morgan fingerprint density at radius 2 is 1.53 bits per heavy atom. The van der Waals surface area contributed by atoms with Crippen molar-refractivity contribution in [3.05, 3.63) is 77.4 Å². The van der Waals surface area contributed by atoms with E-state index in [2.05, 4.69) is 27.3 Å². The fourth-order valence-electron chi connectivity index (χ4n) is 7.06. The third-order valence-corrected chi connectivity index (χ3v) is 9.61. The Balaban J connectivity index is 1.48. The van der Waals surface area contributed by atoms with Crippen molar-refractivity contribution in [1.82, 2.24) is 21.3 Å². The lowest BCUT2D eigenvalue weighted by Gasteiger charge is -2.38. The van der Waals surface area contributed by atoms with Crippen molar-refractivity contribution in [3.8, 4) is 5.75 Å². The SMILES string of the molecule is CC(=O)N[C@@H](Cc1ccc(CC(=O)OC(C)(C)C)c(OC(C)=O)c1)C(=O)NC1(C(=O)N[C@@H](CC(N)=O)C(=O)NCCCc2cccc3ccccc23)CCCCC1. The zero-order valence-corrected chi connectivity index (χ0v) is 33.5. The van der Waals surface area contributed by atoms with Crippen LogP contribution in [-0.2, 0) is 57.6 Å². The first-order valence-corrected chi connectivity index (χ1v) is 19.4. The molecule has 14 heteroatoms.